The summed E-state index contributed by atoms with van der Waals surface area (Å²) in [4.78, 5) is 11.9. The first-order valence-corrected chi connectivity index (χ1v) is 8.86. The average molecular weight is 330 g/mol. The number of carboxylic acid groups (broad SMARTS) is 1. The van der Waals surface area contributed by atoms with Gasteiger partial charge in [-0.3, -0.25) is 0 Å². The normalized spacial score (nSPS) is 15.8. The zero-order chi connectivity index (χ0) is 17.6. The average Bonchev–Trinajstić information content (AvgIpc) is 2.60. The maximum Gasteiger partial charge on any atom is 0.336 e. The molecule has 2 nitrogen and oxygen atoms in total. The Morgan fingerprint density at radius 3 is 2.52 bits per heavy atom. The van der Waals surface area contributed by atoms with Crippen LogP contribution in [0.4, 0.5) is 0 Å². The molecule has 3 aromatic rings. The minimum Gasteiger partial charge on any atom is -0.478 e. The Hall–Kier alpha value is -2.61. The number of carboxylic acids is 1. The van der Waals surface area contributed by atoms with Crippen LogP contribution in [0.15, 0.2) is 54.6 Å². The van der Waals surface area contributed by atoms with E-state index >= 15 is 0 Å². The van der Waals surface area contributed by atoms with Crippen molar-refractivity contribution in [1.29, 1.82) is 0 Å². The fourth-order valence-electron chi connectivity index (χ4n) is 4.24. The Bertz CT molecular complexity index is 983. The quantitative estimate of drug-likeness (QED) is 0.643. The smallest absolute Gasteiger partial charge is 0.336 e. The standard InChI is InChI=1S/C23H22O2/c1-23(2)13-5-8-18-20(23)12-11-19(22(24)25)21(18)17-10-9-15-6-3-4-7-16(15)14-17/h3-4,6-7,9-12,14H,5,8,13H2,1-2H3,(H,24,25). The zero-order valence-electron chi connectivity index (χ0n) is 14.7. The molecule has 0 fully saturated rings. The number of carbonyl (C=O) groups is 1. The number of benzene rings is 3. The van der Waals surface area contributed by atoms with Gasteiger partial charge in [0.2, 0.25) is 0 Å². The van der Waals surface area contributed by atoms with E-state index in [9.17, 15) is 9.90 Å². The lowest BCUT2D eigenvalue weighted by molar-refractivity contribution is 0.0697. The van der Waals surface area contributed by atoms with Crippen molar-refractivity contribution in [2.75, 3.05) is 0 Å². The molecule has 2 heteroatoms. The third kappa shape index (κ3) is 2.62. The maximum atomic E-state index is 11.9. The molecule has 0 atom stereocenters. The zero-order valence-corrected chi connectivity index (χ0v) is 14.7. The summed E-state index contributed by atoms with van der Waals surface area (Å²) in [6.45, 7) is 4.52. The van der Waals surface area contributed by atoms with E-state index in [4.69, 9.17) is 0 Å². The number of hydrogen-bond donors (Lipinski definition) is 1. The molecule has 0 saturated carbocycles. The highest BCUT2D eigenvalue weighted by atomic mass is 16.4. The van der Waals surface area contributed by atoms with E-state index in [1.54, 1.807) is 6.07 Å². The third-order valence-electron chi connectivity index (χ3n) is 5.54. The molecule has 25 heavy (non-hydrogen) atoms. The molecule has 0 aliphatic heterocycles. The van der Waals surface area contributed by atoms with Crippen LogP contribution in [0, 0.1) is 0 Å². The monoisotopic (exact) mass is 330 g/mol. The summed E-state index contributed by atoms with van der Waals surface area (Å²) >= 11 is 0. The number of hydrogen-bond acceptors (Lipinski definition) is 1. The summed E-state index contributed by atoms with van der Waals surface area (Å²) in [6, 6.07) is 18.3. The van der Waals surface area contributed by atoms with Gasteiger partial charge < -0.3 is 5.11 Å². The van der Waals surface area contributed by atoms with Gasteiger partial charge in [-0.25, -0.2) is 4.79 Å². The third-order valence-corrected chi connectivity index (χ3v) is 5.54. The predicted molar refractivity (Wildman–Crippen MR) is 102 cm³/mol. The van der Waals surface area contributed by atoms with Gasteiger partial charge in [0.15, 0.2) is 0 Å². The van der Waals surface area contributed by atoms with Crippen LogP contribution >= 0.6 is 0 Å². The first-order chi connectivity index (χ1) is 12.0. The Morgan fingerprint density at radius 1 is 1.00 bits per heavy atom. The molecule has 0 bridgehead atoms. The van der Waals surface area contributed by atoms with Crippen molar-refractivity contribution >= 4 is 16.7 Å². The van der Waals surface area contributed by atoms with E-state index in [2.05, 4.69) is 44.2 Å². The molecule has 126 valence electrons. The largest absolute Gasteiger partial charge is 0.478 e. The van der Waals surface area contributed by atoms with Crippen molar-refractivity contribution in [3.05, 3.63) is 71.3 Å². The van der Waals surface area contributed by atoms with Crippen LogP contribution in [0.2, 0.25) is 0 Å². The van der Waals surface area contributed by atoms with Crippen molar-refractivity contribution in [1.82, 2.24) is 0 Å². The van der Waals surface area contributed by atoms with Crippen LogP contribution in [-0.2, 0) is 11.8 Å². The second-order valence-electron chi connectivity index (χ2n) is 7.62. The van der Waals surface area contributed by atoms with Gasteiger partial charge in [-0.05, 0) is 69.8 Å². The Labute approximate surface area is 148 Å². The molecule has 0 saturated heterocycles. The molecular weight excluding hydrogens is 308 g/mol. The molecule has 1 aliphatic rings. The summed E-state index contributed by atoms with van der Waals surface area (Å²) in [5, 5.41) is 12.1. The molecule has 0 aromatic heterocycles. The van der Waals surface area contributed by atoms with Gasteiger partial charge in [-0.15, -0.1) is 0 Å². The fourth-order valence-corrected chi connectivity index (χ4v) is 4.24. The SMILES string of the molecule is CC1(C)CCCc2c1ccc(C(=O)O)c2-c1ccc2ccccc2c1. The van der Waals surface area contributed by atoms with E-state index < -0.39 is 5.97 Å². The molecule has 3 aromatic carbocycles. The van der Waals surface area contributed by atoms with Crippen molar-refractivity contribution in [3.63, 3.8) is 0 Å². The Balaban J connectivity index is 2.02. The molecule has 0 spiro atoms. The number of aromatic carboxylic acids is 1. The highest BCUT2D eigenvalue weighted by Crippen LogP contribution is 2.42. The minimum atomic E-state index is -0.852. The van der Waals surface area contributed by atoms with Gasteiger partial charge in [0.25, 0.3) is 0 Å². The lowest BCUT2D eigenvalue weighted by Gasteiger charge is -2.34. The van der Waals surface area contributed by atoms with Gasteiger partial charge in [0.1, 0.15) is 0 Å². The lowest BCUT2D eigenvalue weighted by atomic mass is 9.70. The summed E-state index contributed by atoms with van der Waals surface area (Å²) in [5.41, 5.74) is 4.93. The van der Waals surface area contributed by atoms with E-state index in [0.717, 1.165) is 35.8 Å². The molecule has 0 amide bonds. The Morgan fingerprint density at radius 2 is 1.76 bits per heavy atom. The summed E-state index contributed by atoms with van der Waals surface area (Å²) in [7, 11) is 0. The van der Waals surface area contributed by atoms with Crippen LogP contribution in [0.3, 0.4) is 0 Å². The highest BCUT2D eigenvalue weighted by molar-refractivity contribution is 5.99. The van der Waals surface area contributed by atoms with Crippen LogP contribution in [0.1, 0.15) is 48.2 Å². The van der Waals surface area contributed by atoms with Crippen molar-refractivity contribution in [2.45, 2.75) is 38.5 Å². The first kappa shape index (κ1) is 15.9. The van der Waals surface area contributed by atoms with Gasteiger partial charge in [-0.2, -0.15) is 0 Å². The lowest BCUT2D eigenvalue weighted by Crippen LogP contribution is -2.25. The molecule has 0 heterocycles. The van der Waals surface area contributed by atoms with E-state index in [0.29, 0.717) is 5.56 Å². The molecule has 1 aliphatic carbocycles. The minimum absolute atomic E-state index is 0.0935. The summed E-state index contributed by atoms with van der Waals surface area (Å²) in [5.74, 6) is -0.852. The van der Waals surface area contributed by atoms with Gasteiger partial charge in [0, 0.05) is 0 Å². The number of fused-ring (bicyclic) bond motifs is 2. The second-order valence-corrected chi connectivity index (χ2v) is 7.62. The highest BCUT2D eigenvalue weighted by Gasteiger charge is 2.31. The first-order valence-electron chi connectivity index (χ1n) is 8.86. The summed E-state index contributed by atoms with van der Waals surface area (Å²) in [6.07, 6.45) is 3.19. The molecule has 0 unspecified atom stereocenters. The summed E-state index contributed by atoms with van der Waals surface area (Å²) < 4.78 is 0. The Kier molecular flexibility index (Phi) is 3.64. The van der Waals surface area contributed by atoms with Gasteiger partial charge in [-0.1, -0.05) is 56.3 Å². The number of rotatable bonds is 2. The van der Waals surface area contributed by atoms with Crippen LogP contribution < -0.4 is 0 Å². The van der Waals surface area contributed by atoms with E-state index in [1.165, 1.54) is 16.5 Å². The topological polar surface area (TPSA) is 37.3 Å². The predicted octanol–water partition coefficient (Wildman–Crippen LogP) is 5.82. The molecular formula is C23H22O2. The molecule has 0 radical (unpaired) electrons. The fraction of sp³-hybridized carbons (Fsp3) is 0.261. The second kappa shape index (κ2) is 5.73. The van der Waals surface area contributed by atoms with Crippen molar-refractivity contribution in [3.8, 4) is 11.1 Å². The maximum absolute atomic E-state index is 11.9. The van der Waals surface area contributed by atoms with E-state index in [-0.39, 0.29) is 5.41 Å². The van der Waals surface area contributed by atoms with Crippen LogP contribution in [0.5, 0.6) is 0 Å². The van der Waals surface area contributed by atoms with Gasteiger partial charge >= 0.3 is 5.97 Å². The molecule has 4 rings (SSSR count). The molecule has 1 N–H and O–H groups in total. The van der Waals surface area contributed by atoms with Crippen molar-refractivity contribution < 1.29 is 9.90 Å². The van der Waals surface area contributed by atoms with E-state index in [1.807, 2.05) is 18.2 Å². The van der Waals surface area contributed by atoms with Crippen LogP contribution in [-0.4, -0.2) is 11.1 Å². The van der Waals surface area contributed by atoms with Crippen LogP contribution in [0.25, 0.3) is 21.9 Å². The van der Waals surface area contributed by atoms with Gasteiger partial charge in [0.05, 0.1) is 5.56 Å². The van der Waals surface area contributed by atoms with Crippen molar-refractivity contribution in [2.24, 2.45) is 0 Å².